The third-order valence-electron chi connectivity index (χ3n) is 5.66. The summed E-state index contributed by atoms with van der Waals surface area (Å²) < 4.78 is 23.3. The third kappa shape index (κ3) is 5.41. The Hall–Kier alpha value is -1.92. The number of unbranched alkanes of at least 4 members (excludes halogenated alkanes) is 3. The third-order valence-corrected chi connectivity index (χ3v) is 6.15. The fourth-order valence-corrected chi connectivity index (χ4v) is 4.08. The van der Waals surface area contributed by atoms with Crippen molar-refractivity contribution < 1.29 is 9.13 Å². The van der Waals surface area contributed by atoms with Gasteiger partial charge in [-0.05, 0) is 75.0 Å². The van der Waals surface area contributed by atoms with Crippen molar-refractivity contribution in [2.45, 2.75) is 38.5 Å². The molecule has 4 rings (SSSR count). The van der Waals surface area contributed by atoms with E-state index < -0.39 is 0 Å². The average Bonchev–Trinajstić information content (AvgIpc) is 3.50. The van der Waals surface area contributed by atoms with E-state index in [0.29, 0.717) is 23.6 Å². The molecule has 0 bridgehead atoms. The van der Waals surface area contributed by atoms with Gasteiger partial charge in [0.25, 0.3) is 0 Å². The van der Waals surface area contributed by atoms with Crippen LogP contribution in [0.1, 0.15) is 38.5 Å². The number of fused-ring (bicyclic) bond motifs is 1. The van der Waals surface area contributed by atoms with E-state index in [9.17, 15) is 4.39 Å². The fourth-order valence-electron chi connectivity index (χ4n) is 3.73. The van der Waals surface area contributed by atoms with E-state index in [-0.39, 0.29) is 5.82 Å². The summed E-state index contributed by atoms with van der Waals surface area (Å²) in [6, 6.07) is 11.0. The van der Waals surface area contributed by atoms with Gasteiger partial charge >= 0.3 is 0 Å². The Morgan fingerprint density at radius 2 is 1.97 bits per heavy atom. The highest BCUT2D eigenvalue weighted by atomic mass is 79.9. The minimum atomic E-state index is -0.308. The molecule has 1 saturated carbocycles. The number of nitrogens with zero attached hydrogens (tertiary/aromatic N) is 2. The summed E-state index contributed by atoms with van der Waals surface area (Å²) in [6.45, 7) is 2.93. The minimum absolute atomic E-state index is 0.308. The molecule has 30 heavy (non-hydrogen) atoms. The fraction of sp³-hybridized carbons (Fsp3) is 0.458. The molecule has 1 aliphatic rings. The maximum atomic E-state index is 14.8. The largest absolute Gasteiger partial charge is 0.493 e. The van der Waals surface area contributed by atoms with Gasteiger partial charge in [-0.25, -0.2) is 4.39 Å². The van der Waals surface area contributed by atoms with Crippen LogP contribution in [0.15, 0.2) is 40.9 Å². The maximum Gasteiger partial charge on any atom is 0.136 e. The topological polar surface area (TPSA) is 39.1 Å². The van der Waals surface area contributed by atoms with Gasteiger partial charge < -0.3 is 10.1 Å². The molecule has 0 atom stereocenters. The van der Waals surface area contributed by atoms with Crippen LogP contribution in [0.3, 0.4) is 0 Å². The van der Waals surface area contributed by atoms with Crippen molar-refractivity contribution in [1.82, 2.24) is 15.1 Å². The number of nitrogens with one attached hydrogen (secondary N) is 1. The van der Waals surface area contributed by atoms with Crippen LogP contribution in [-0.2, 0) is 7.05 Å². The van der Waals surface area contributed by atoms with Crippen LogP contribution < -0.4 is 10.1 Å². The van der Waals surface area contributed by atoms with Gasteiger partial charge in [0.15, 0.2) is 0 Å². The Balaban J connectivity index is 1.26. The second-order valence-corrected chi connectivity index (χ2v) is 9.10. The highest BCUT2D eigenvalue weighted by Gasteiger charge is 2.19. The second-order valence-electron chi connectivity index (χ2n) is 8.19. The van der Waals surface area contributed by atoms with Crippen molar-refractivity contribution in [1.29, 1.82) is 0 Å². The molecule has 1 aliphatic carbocycles. The molecule has 0 unspecified atom stereocenters. The number of hydrogen-bond acceptors (Lipinski definition) is 3. The quantitative estimate of drug-likeness (QED) is 0.343. The summed E-state index contributed by atoms with van der Waals surface area (Å²) in [5, 5.41) is 8.98. The zero-order valence-corrected chi connectivity index (χ0v) is 19.1. The number of hydrogen-bond donors (Lipinski definition) is 1. The van der Waals surface area contributed by atoms with Crippen molar-refractivity contribution in [2.24, 2.45) is 13.0 Å². The van der Waals surface area contributed by atoms with E-state index in [2.05, 4.69) is 26.3 Å². The smallest absolute Gasteiger partial charge is 0.136 e. The van der Waals surface area contributed by atoms with E-state index in [0.717, 1.165) is 40.7 Å². The first-order valence-electron chi connectivity index (χ1n) is 10.9. The highest BCUT2D eigenvalue weighted by Crippen LogP contribution is 2.32. The van der Waals surface area contributed by atoms with Gasteiger partial charge in [0, 0.05) is 28.5 Å². The first-order valence-corrected chi connectivity index (χ1v) is 11.7. The molecule has 0 radical (unpaired) electrons. The van der Waals surface area contributed by atoms with Gasteiger partial charge in [0.1, 0.15) is 17.3 Å². The molecule has 0 aliphatic heterocycles. The molecule has 2 aromatic carbocycles. The average molecular weight is 474 g/mol. The van der Waals surface area contributed by atoms with Crippen LogP contribution in [0.2, 0.25) is 0 Å². The van der Waals surface area contributed by atoms with Gasteiger partial charge in [0.2, 0.25) is 0 Å². The maximum absolute atomic E-state index is 14.8. The van der Waals surface area contributed by atoms with E-state index in [1.807, 2.05) is 31.3 Å². The number of ether oxygens (including phenoxy) is 1. The van der Waals surface area contributed by atoms with Gasteiger partial charge in [-0.2, -0.15) is 5.10 Å². The van der Waals surface area contributed by atoms with Crippen LogP contribution in [0.5, 0.6) is 5.75 Å². The first kappa shape index (κ1) is 21.3. The number of aryl methyl sites for hydroxylation is 1. The molecule has 1 fully saturated rings. The number of halogens is 2. The number of benzene rings is 2. The van der Waals surface area contributed by atoms with Crippen molar-refractivity contribution in [3.05, 3.63) is 46.7 Å². The molecule has 0 spiro atoms. The lowest BCUT2D eigenvalue weighted by Crippen LogP contribution is -2.17. The predicted molar refractivity (Wildman–Crippen MR) is 123 cm³/mol. The standard InChI is InChI=1S/C24H29BrFN3O/c1-29-23-14-18(25)8-10-21(23)24(28-29)20-11-9-19(15-22(20)26)30-13-5-3-2-4-12-27-16-17-6-7-17/h8-11,14-15,17,27H,2-7,12-13,16H2,1H3. The summed E-state index contributed by atoms with van der Waals surface area (Å²) in [5.41, 5.74) is 2.11. The second kappa shape index (κ2) is 9.92. The summed E-state index contributed by atoms with van der Waals surface area (Å²) >= 11 is 3.48. The molecule has 4 nitrogen and oxygen atoms in total. The van der Waals surface area contributed by atoms with Gasteiger partial charge in [-0.3, -0.25) is 4.68 Å². The van der Waals surface area contributed by atoms with Gasteiger partial charge in [0.05, 0.1) is 12.1 Å². The Kier molecular flexibility index (Phi) is 7.05. The summed E-state index contributed by atoms with van der Waals surface area (Å²) in [7, 11) is 1.87. The molecular formula is C24H29BrFN3O. The molecule has 1 N–H and O–H groups in total. The monoisotopic (exact) mass is 473 g/mol. The normalized spacial score (nSPS) is 13.8. The summed E-state index contributed by atoms with van der Waals surface area (Å²) in [6.07, 6.45) is 7.36. The Morgan fingerprint density at radius 1 is 1.13 bits per heavy atom. The predicted octanol–water partition coefficient (Wildman–Crippen LogP) is 6.08. The lowest BCUT2D eigenvalue weighted by Gasteiger charge is -2.08. The van der Waals surface area contributed by atoms with E-state index >= 15 is 0 Å². The van der Waals surface area contributed by atoms with Crippen LogP contribution in [0.4, 0.5) is 4.39 Å². The van der Waals surface area contributed by atoms with E-state index in [4.69, 9.17) is 4.74 Å². The molecule has 0 amide bonds. The van der Waals surface area contributed by atoms with Crippen molar-refractivity contribution in [2.75, 3.05) is 19.7 Å². The Morgan fingerprint density at radius 3 is 2.77 bits per heavy atom. The summed E-state index contributed by atoms with van der Waals surface area (Å²) in [5.74, 6) is 1.21. The van der Waals surface area contributed by atoms with Crippen LogP contribution in [0.25, 0.3) is 22.2 Å². The highest BCUT2D eigenvalue weighted by molar-refractivity contribution is 9.10. The van der Waals surface area contributed by atoms with Crippen molar-refractivity contribution in [3.8, 4) is 17.0 Å². The van der Waals surface area contributed by atoms with E-state index in [1.54, 1.807) is 10.7 Å². The SMILES string of the molecule is Cn1nc(-c2ccc(OCCCCCCNCC3CC3)cc2F)c2ccc(Br)cc21. The van der Waals surface area contributed by atoms with E-state index in [1.165, 1.54) is 38.3 Å². The van der Waals surface area contributed by atoms with Crippen molar-refractivity contribution in [3.63, 3.8) is 0 Å². The lowest BCUT2D eigenvalue weighted by atomic mass is 10.1. The minimum Gasteiger partial charge on any atom is -0.493 e. The zero-order valence-electron chi connectivity index (χ0n) is 17.5. The van der Waals surface area contributed by atoms with Gasteiger partial charge in [-0.1, -0.05) is 28.8 Å². The molecule has 3 aromatic rings. The Labute approximate surface area is 185 Å². The molecule has 6 heteroatoms. The van der Waals surface area contributed by atoms with Gasteiger partial charge in [-0.15, -0.1) is 0 Å². The first-order chi connectivity index (χ1) is 14.6. The lowest BCUT2D eigenvalue weighted by molar-refractivity contribution is 0.303. The molecular weight excluding hydrogens is 445 g/mol. The molecule has 1 aromatic heterocycles. The molecule has 0 saturated heterocycles. The van der Waals surface area contributed by atoms with Crippen LogP contribution >= 0.6 is 15.9 Å². The molecule has 1 heterocycles. The van der Waals surface area contributed by atoms with Crippen LogP contribution in [-0.4, -0.2) is 29.5 Å². The van der Waals surface area contributed by atoms with Crippen LogP contribution in [0, 0.1) is 11.7 Å². The van der Waals surface area contributed by atoms with Crippen molar-refractivity contribution >= 4 is 26.8 Å². The Bertz CT molecular complexity index is 1000. The number of aromatic nitrogens is 2. The zero-order chi connectivity index (χ0) is 20.9. The summed E-state index contributed by atoms with van der Waals surface area (Å²) in [4.78, 5) is 0. The molecule has 160 valence electrons. The number of rotatable bonds is 11.